The van der Waals surface area contributed by atoms with E-state index >= 15 is 0 Å². The molecule has 0 bridgehead atoms. The van der Waals surface area contributed by atoms with Crippen molar-refractivity contribution in [2.24, 2.45) is 5.92 Å². The maximum Gasteiger partial charge on any atom is 0.224 e. The van der Waals surface area contributed by atoms with Crippen LogP contribution in [-0.4, -0.2) is 24.9 Å². The molecule has 1 heterocycles. The lowest BCUT2D eigenvalue weighted by atomic mass is 10.0. The van der Waals surface area contributed by atoms with Crippen LogP contribution in [0.2, 0.25) is 0 Å². The zero-order valence-electron chi connectivity index (χ0n) is 13.9. The molecule has 2 amide bonds. The van der Waals surface area contributed by atoms with Crippen molar-refractivity contribution in [3.05, 3.63) is 29.8 Å². The second-order valence-electron chi connectivity index (χ2n) is 6.17. The first-order chi connectivity index (χ1) is 11.2. The zero-order valence-corrected chi connectivity index (χ0v) is 13.9. The number of amides is 2. The standard InChI is InChI=1S/C18H27N3O2/c1-2-3-18(23)21-16-7-4-14(5-8-16)13-20-17(22)9-6-15-10-11-19-12-15/h4-5,7-8,15,19H,2-3,6,9-13H2,1H3,(H,20,22)(H,21,23). The molecule has 1 aromatic carbocycles. The third-order valence-electron chi connectivity index (χ3n) is 4.15. The topological polar surface area (TPSA) is 70.2 Å². The van der Waals surface area contributed by atoms with E-state index in [2.05, 4.69) is 16.0 Å². The van der Waals surface area contributed by atoms with Crippen LogP contribution in [0.1, 0.15) is 44.6 Å². The highest BCUT2D eigenvalue weighted by Gasteiger charge is 2.15. The molecule has 0 aliphatic carbocycles. The van der Waals surface area contributed by atoms with Gasteiger partial charge in [-0.25, -0.2) is 0 Å². The average Bonchev–Trinajstić information content (AvgIpc) is 3.06. The molecule has 5 heteroatoms. The van der Waals surface area contributed by atoms with E-state index < -0.39 is 0 Å². The largest absolute Gasteiger partial charge is 0.352 e. The molecule has 1 saturated heterocycles. The molecule has 1 aliphatic rings. The Hall–Kier alpha value is -1.88. The molecule has 1 fully saturated rings. The summed E-state index contributed by atoms with van der Waals surface area (Å²) >= 11 is 0. The van der Waals surface area contributed by atoms with Gasteiger partial charge in [0.05, 0.1) is 0 Å². The predicted octanol–water partition coefficient (Wildman–Crippen LogP) is 2.43. The molecule has 0 spiro atoms. The minimum Gasteiger partial charge on any atom is -0.352 e. The summed E-state index contributed by atoms with van der Waals surface area (Å²) in [5.74, 6) is 0.791. The lowest BCUT2D eigenvalue weighted by molar-refractivity contribution is -0.121. The van der Waals surface area contributed by atoms with Gasteiger partial charge in [-0.3, -0.25) is 9.59 Å². The monoisotopic (exact) mass is 317 g/mol. The van der Waals surface area contributed by atoms with Gasteiger partial charge in [0, 0.05) is 25.1 Å². The Morgan fingerprint density at radius 2 is 1.96 bits per heavy atom. The van der Waals surface area contributed by atoms with Gasteiger partial charge in [-0.05, 0) is 56.0 Å². The Balaban J connectivity index is 1.68. The van der Waals surface area contributed by atoms with Crippen LogP contribution in [0.5, 0.6) is 0 Å². The van der Waals surface area contributed by atoms with Crippen molar-refractivity contribution < 1.29 is 9.59 Å². The van der Waals surface area contributed by atoms with E-state index in [1.165, 1.54) is 6.42 Å². The van der Waals surface area contributed by atoms with Gasteiger partial charge in [-0.1, -0.05) is 19.1 Å². The lowest BCUT2D eigenvalue weighted by Gasteiger charge is -2.09. The summed E-state index contributed by atoms with van der Waals surface area (Å²) in [7, 11) is 0. The van der Waals surface area contributed by atoms with Crippen molar-refractivity contribution in [2.45, 2.75) is 45.6 Å². The number of carbonyl (C=O) groups excluding carboxylic acids is 2. The molecular weight excluding hydrogens is 290 g/mol. The molecule has 1 aliphatic heterocycles. The minimum atomic E-state index is 0.0370. The van der Waals surface area contributed by atoms with Gasteiger partial charge in [0.2, 0.25) is 11.8 Å². The van der Waals surface area contributed by atoms with Crippen molar-refractivity contribution in [1.29, 1.82) is 0 Å². The molecule has 1 unspecified atom stereocenters. The Bertz CT molecular complexity index is 508. The van der Waals surface area contributed by atoms with Crippen LogP contribution < -0.4 is 16.0 Å². The second-order valence-corrected chi connectivity index (χ2v) is 6.17. The van der Waals surface area contributed by atoms with Gasteiger partial charge >= 0.3 is 0 Å². The van der Waals surface area contributed by atoms with Crippen LogP contribution in [-0.2, 0) is 16.1 Å². The van der Waals surface area contributed by atoms with Gasteiger partial charge in [0.1, 0.15) is 0 Å². The van der Waals surface area contributed by atoms with Gasteiger partial charge < -0.3 is 16.0 Å². The molecule has 2 rings (SSSR count). The fraction of sp³-hybridized carbons (Fsp3) is 0.556. The first kappa shape index (κ1) is 17.5. The maximum atomic E-state index is 11.9. The molecule has 5 nitrogen and oxygen atoms in total. The van der Waals surface area contributed by atoms with Crippen LogP contribution >= 0.6 is 0 Å². The maximum absolute atomic E-state index is 11.9. The molecular formula is C18H27N3O2. The number of rotatable bonds is 8. The van der Waals surface area contributed by atoms with Crippen LogP contribution in [0, 0.1) is 5.92 Å². The predicted molar refractivity (Wildman–Crippen MR) is 92.0 cm³/mol. The number of carbonyl (C=O) groups is 2. The van der Waals surface area contributed by atoms with Gasteiger partial charge in [-0.15, -0.1) is 0 Å². The molecule has 3 N–H and O–H groups in total. The van der Waals surface area contributed by atoms with Crippen molar-refractivity contribution in [3.8, 4) is 0 Å². The Labute approximate surface area is 138 Å². The fourth-order valence-corrected chi connectivity index (χ4v) is 2.74. The van der Waals surface area contributed by atoms with Crippen molar-refractivity contribution in [1.82, 2.24) is 10.6 Å². The number of benzene rings is 1. The Morgan fingerprint density at radius 3 is 2.61 bits per heavy atom. The number of hydrogen-bond acceptors (Lipinski definition) is 3. The van der Waals surface area contributed by atoms with Gasteiger partial charge in [-0.2, -0.15) is 0 Å². The number of hydrogen-bond donors (Lipinski definition) is 3. The summed E-state index contributed by atoms with van der Waals surface area (Å²) in [5, 5.41) is 9.13. The summed E-state index contributed by atoms with van der Waals surface area (Å²) in [6, 6.07) is 7.62. The van der Waals surface area contributed by atoms with Crippen LogP contribution in [0.3, 0.4) is 0 Å². The molecule has 1 atom stereocenters. The van der Waals surface area contributed by atoms with E-state index in [0.29, 0.717) is 25.3 Å². The minimum absolute atomic E-state index is 0.0370. The van der Waals surface area contributed by atoms with Crippen molar-refractivity contribution >= 4 is 17.5 Å². The van der Waals surface area contributed by atoms with E-state index in [0.717, 1.165) is 37.2 Å². The third-order valence-corrected chi connectivity index (χ3v) is 4.15. The van der Waals surface area contributed by atoms with E-state index in [9.17, 15) is 9.59 Å². The summed E-state index contributed by atoms with van der Waals surface area (Å²) in [4.78, 5) is 23.4. The quantitative estimate of drug-likeness (QED) is 0.689. The van der Waals surface area contributed by atoms with E-state index in [4.69, 9.17) is 0 Å². The molecule has 126 valence electrons. The number of nitrogens with one attached hydrogen (secondary N) is 3. The summed E-state index contributed by atoms with van der Waals surface area (Å²) in [6.07, 6.45) is 4.11. The summed E-state index contributed by atoms with van der Waals surface area (Å²) in [6.45, 7) is 4.63. The van der Waals surface area contributed by atoms with E-state index in [1.807, 2.05) is 31.2 Å². The first-order valence-electron chi connectivity index (χ1n) is 8.53. The molecule has 0 aromatic heterocycles. The van der Waals surface area contributed by atoms with Crippen LogP contribution in [0.15, 0.2) is 24.3 Å². The SMILES string of the molecule is CCCC(=O)Nc1ccc(CNC(=O)CCC2CCNC2)cc1. The zero-order chi connectivity index (χ0) is 16.5. The van der Waals surface area contributed by atoms with Crippen molar-refractivity contribution in [3.63, 3.8) is 0 Å². The molecule has 23 heavy (non-hydrogen) atoms. The van der Waals surface area contributed by atoms with Crippen LogP contribution in [0.4, 0.5) is 5.69 Å². The van der Waals surface area contributed by atoms with E-state index in [1.54, 1.807) is 0 Å². The van der Waals surface area contributed by atoms with Gasteiger partial charge in [0.15, 0.2) is 0 Å². The highest BCUT2D eigenvalue weighted by Crippen LogP contribution is 2.14. The van der Waals surface area contributed by atoms with Crippen LogP contribution in [0.25, 0.3) is 0 Å². The number of anilines is 1. The molecule has 0 radical (unpaired) electrons. The molecule has 0 saturated carbocycles. The summed E-state index contributed by atoms with van der Waals surface area (Å²) in [5.41, 5.74) is 1.83. The Morgan fingerprint density at radius 1 is 1.17 bits per heavy atom. The van der Waals surface area contributed by atoms with E-state index in [-0.39, 0.29) is 11.8 Å². The first-order valence-corrected chi connectivity index (χ1v) is 8.53. The van der Waals surface area contributed by atoms with Crippen molar-refractivity contribution in [2.75, 3.05) is 18.4 Å². The second kappa shape index (κ2) is 9.30. The average molecular weight is 317 g/mol. The Kier molecular flexibility index (Phi) is 7.07. The smallest absolute Gasteiger partial charge is 0.224 e. The van der Waals surface area contributed by atoms with Gasteiger partial charge in [0.25, 0.3) is 0 Å². The normalized spacial score (nSPS) is 17.0. The lowest BCUT2D eigenvalue weighted by Crippen LogP contribution is -2.23. The molecule has 1 aromatic rings. The highest BCUT2D eigenvalue weighted by molar-refractivity contribution is 5.90. The summed E-state index contributed by atoms with van der Waals surface area (Å²) < 4.78 is 0. The third kappa shape index (κ3) is 6.40. The highest BCUT2D eigenvalue weighted by atomic mass is 16.2. The fourth-order valence-electron chi connectivity index (χ4n) is 2.74.